The fourth-order valence-corrected chi connectivity index (χ4v) is 2.95. The lowest BCUT2D eigenvalue weighted by atomic mass is 9.75. The molecule has 0 aromatic carbocycles. The number of hydrogen-bond donors (Lipinski definition) is 0. The van der Waals surface area contributed by atoms with E-state index in [0.29, 0.717) is 5.92 Å². The van der Waals surface area contributed by atoms with Crippen molar-refractivity contribution < 1.29 is 9.53 Å². The average molecular weight is 192 g/mol. The van der Waals surface area contributed by atoms with E-state index in [2.05, 4.69) is 18.7 Å². The van der Waals surface area contributed by atoms with Gasteiger partial charge in [-0.15, -0.1) is 6.58 Å². The third kappa shape index (κ3) is 1.21. The van der Waals surface area contributed by atoms with Crippen LogP contribution in [-0.2, 0) is 9.53 Å². The number of rotatable bonds is 3. The van der Waals surface area contributed by atoms with Gasteiger partial charge in [0.2, 0.25) is 0 Å². The van der Waals surface area contributed by atoms with E-state index in [1.54, 1.807) is 0 Å². The van der Waals surface area contributed by atoms with E-state index < -0.39 is 0 Å². The van der Waals surface area contributed by atoms with Gasteiger partial charge < -0.3 is 4.74 Å². The maximum atomic E-state index is 11.6. The summed E-state index contributed by atoms with van der Waals surface area (Å²) in [7, 11) is 1.47. The normalized spacial score (nSPS) is 38.6. The van der Waals surface area contributed by atoms with E-state index in [0.717, 1.165) is 19.3 Å². The van der Waals surface area contributed by atoms with Crippen LogP contribution in [-0.4, -0.2) is 13.1 Å². The van der Waals surface area contributed by atoms with Gasteiger partial charge in [-0.1, -0.05) is 18.2 Å². The smallest absolute Gasteiger partial charge is 0.309 e. The van der Waals surface area contributed by atoms with Crippen LogP contribution < -0.4 is 0 Å². The Kier molecular flexibility index (Phi) is 2.22. The monoisotopic (exact) mass is 192 g/mol. The van der Waals surface area contributed by atoms with Crippen LogP contribution in [0.2, 0.25) is 0 Å². The van der Waals surface area contributed by atoms with Crippen LogP contribution in [0.4, 0.5) is 0 Å². The molecule has 76 valence electrons. The van der Waals surface area contributed by atoms with E-state index in [1.807, 2.05) is 6.08 Å². The first-order valence-corrected chi connectivity index (χ1v) is 5.10. The molecule has 3 atom stereocenters. The summed E-state index contributed by atoms with van der Waals surface area (Å²) in [5.41, 5.74) is 0.0273. The zero-order valence-electron chi connectivity index (χ0n) is 8.53. The van der Waals surface area contributed by atoms with Crippen LogP contribution in [0.1, 0.15) is 19.3 Å². The van der Waals surface area contributed by atoms with Crippen molar-refractivity contribution in [1.82, 2.24) is 0 Å². The van der Waals surface area contributed by atoms with Gasteiger partial charge in [-0.2, -0.15) is 0 Å². The van der Waals surface area contributed by atoms with E-state index in [1.165, 1.54) is 7.11 Å². The molecule has 3 unspecified atom stereocenters. The van der Waals surface area contributed by atoms with Crippen molar-refractivity contribution >= 4 is 5.97 Å². The molecule has 1 fully saturated rings. The number of carbonyl (C=O) groups excluding carboxylic acids is 1. The molecule has 14 heavy (non-hydrogen) atoms. The van der Waals surface area contributed by atoms with Crippen molar-refractivity contribution in [2.75, 3.05) is 7.11 Å². The van der Waals surface area contributed by atoms with Crippen LogP contribution in [0, 0.1) is 17.3 Å². The summed E-state index contributed by atoms with van der Waals surface area (Å²) in [6, 6.07) is 0. The fraction of sp³-hybridized carbons (Fsp3) is 0.583. The number of fused-ring (bicyclic) bond motifs is 2. The number of carbonyl (C=O) groups is 1. The quantitative estimate of drug-likeness (QED) is 0.506. The molecule has 2 bridgehead atoms. The second-order valence-electron chi connectivity index (χ2n) is 4.36. The molecule has 0 amide bonds. The van der Waals surface area contributed by atoms with Crippen LogP contribution >= 0.6 is 0 Å². The first kappa shape index (κ1) is 9.50. The lowest BCUT2D eigenvalue weighted by molar-refractivity contribution is -0.148. The van der Waals surface area contributed by atoms with Crippen molar-refractivity contribution in [3.8, 4) is 0 Å². The molecule has 2 aliphatic carbocycles. The minimum Gasteiger partial charge on any atom is -0.469 e. The molecule has 0 radical (unpaired) electrons. The Bertz CT molecular complexity index is 293. The van der Waals surface area contributed by atoms with Gasteiger partial charge in [0.15, 0.2) is 0 Å². The van der Waals surface area contributed by atoms with Gasteiger partial charge in [0.1, 0.15) is 0 Å². The molecule has 0 heterocycles. The van der Waals surface area contributed by atoms with E-state index in [4.69, 9.17) is 4.74 Å². The van der Waals surface area contributed by atoms with Crippen LogP contribution in [0.25, 0.3) is 0 Å². The standard InChI is InChI=1S/C12H16O2/c1-3-5-12-6-4-9(8-12)7-10(12)11(13)14-2/h3-4,6,9-10H,1,5,7-8H2,2H3. The highest BCUT2D eigenvalue weighted by atomic mass is 16.5. The summed E-state index contributed by atoms with van der Waals surface area (Å²) in [6.07, 6.45) is 9.29. The maximum Gasteiger partial charge on any atom is 0.309 e. The van der Waals surface area contributed by atoms with Crippen LogP contribution in [0.15, 0.2) is 24.8 Å². The zero-order chi connectivity index (χ0) is 10.2. The summed E-state index contributed by atoms with van der Waals surface area (Å²) in [4.78, 5) is 11.6. The minimum absolute atomic E-state index is 0.0273. The average Bonchev–Trinajstić information content (AvgIpc) is 2.74. The van der Waals surface area contributed by atoms with Crippen molar-refractivity contribution in [3.63, 3.8) is 0 Å². The number of allylic oxidation sites excluding steroid dienone is 3. The molecule has 2 aliphatic rings. The highest BCUT2D eigenvalue weighted by Gasteiger charge is 2.51. The molecule has 0 aromatic heterocycles. The summed E-state index contributed by atoms with van der Waals surface area (Å²) < 4.78 is 4.85. The Morgan fingerprint density at radius 2 is 2.57 bits per heavy atom. The molecule has 2 heteroatoms. The minimum atomic E-state index is -0.0568. The molecule has 1 saturated carbocycles. The first-order valence-electron chi connectivity index (χ1n) is 5.10. The topological polar surface area (TPSA) is 26.3 Å². The Labute approximate surface area is 84.6 Å². The molecule has 0 aromatic rings. The molecular formula is C12H16O2. The number of hydrogen-bond acceptors (Lipinski definition) is 2. The van der Waals surface area contributed by atoms with Crippen molar-refractivity contribution in [3.05, 3.63) is 24.8 Å². The Balaban J connectivity index is 2.23. The van der Waals surface area contributed by atoms with Gasteiger partial charge >= 0.3 is 5.97 Å². The lowest BCUT2D eigenvalue weighted by Crippen LogP contribution is -2.30. The molecule has 0 aliphatic heterocycles. The predicted octanol–water partition coefficient (Wildman–Crippen LogP) is 2.32. The van der Waals surface area contributed by atoms with Gasteiger partial charge in [0.25, 0.3) is 0 Å². The lowest BCUT2D eigenvalue weighted by Gasteiger charge is -2.29. The summed E-state index contributed by atoms with van der Waals surface area (Å²) in [6.45, 7) is 3.77. The number of ether oxygens (including phenoxy) is 1. The second kappa shape index (κ2) is 3.26. The molecule has 0 N–H and O–H groups in total. The summed E-state index contributed by atoms with van der Waals surface area (Å²) in [5, 5.41) is 0. The van der Waals surface area contributed by atoms with Crippen LogP contribution in [0.5, 0.6) is 0 Å². The maximum absolute atomic E-state index is 11.6. The van der Waals surface area contributed by atoms with Crippen molar-refractivity contribution in [2.45, 2.75) is 19.3 Å². The zero-order valence-corrected chi connectivity index (χ0v) is 8.53. The molecule has 2 rings (SSSR count). The summed E-state index contributed by atoms with van der Waals surface area (Å²) >= 11 is 0. The van der Waals surface area contributed by atoms with Gasteiger partial charge in [-0.3, -0.25) is 4.79 Å². The fourth-order valence-electron chi connectivity index (χ4n) is 2.95. The SMILES string of the molecule is C=CCC12C=CC(CC1C(=O)OC)C2. The first-order chi connectivity index (χ1) is 6.72. The van der Waals surface area contributed by atoms with E-state index in [-0.39, 0.29) is 17.3 Å². The summed E-state index contributed by atoms with van der Waals surface area (Å²) in [5.74, 6) is 0.582. The Morgan fingerprint density at radius 1 is 1.79 bits per heavy atom. The van der Waals surface area contributed by atoms with Crippen LogP contribution in [0.3, 0.4) is 0 Å². The third-order valence-corrected chi connectivity index (χ3v) is 3.59. The highest BCUT2D eigenvalue weighted by Crippen LogP contribution is 2.55. The predicted molar refractivity (Wildman–Crippen MR) is 54.6 cm³/mol. The Morgan fingerprint density at radius 3 is 3.14 bits per heavy atom. The van der Waals surface area contributed by atoms with Gasteiger partial charge in [0.05, 0.1) is 13.0 Å². The molecular weight excluding hydrogens is 176 g/mol. The number of esters is 1. The van der Waals surface area contributed by atoms with Crippen molar-refractivity contribution in [2.24, 2.45) is 17.3 Å². The number of methoxy groups -OCH3 is 1. The third-order valence-electron chi connectivity index (χ3n) is 3.59. The van der Waals surface area contributed by atoms with E-state index >= 15 is 0 Å². The Hall–Kier alpha value is -1.05. The molecule has 0 spiro atoms. The second-order valence-corrected chi connectivity index (χ2v) is 4.36. The highest BCUT2D eigenvalue weighted by molar-refractivity contribution is 5.75. The van der Waals surface area contributed by atoms with Gasteiger partial charge in [-0.25, -0.2) is 0 Å². The van der Waals surface area contributed by atoms with Gasteiger partial charge in [0, 0.05) is 5.41 Å². The van der Waals surface area contributed by atoms with Gasteiger partial charge in [-0.05, 0) is 25.2 Å². The van der Waals surface area contributed by atoms with Crippen molar-refractivity contribution in [1.29, 1.82) is 0 Å². The largest absolute Gasteiger partial charge is 0.469 e. The van der Waals surface area contributed by atoms with E-state index in [9.17, 15) is 4.79 Å². The molecule has 0 saturated heterocycles. The molecule has 2 nitrogen and oxygen atoms in total.